The molecule has 3 unspecified atom stereocenters. The number of aliphatic hydroxyl groups is 1. The number of rotatable bonds is 4. The number of carbonyl (C=O) groups is 1. The summed E-state index contributed by atoms with van der Waals surface area (Å²) in [6.45, 7) is 7.96. The van der Waals surface area contributed by atoms with Gasteiger partial charge < -0.3 is 9.84 Å². The van der Waals surface area contributed by atoms with Crippen LogP contribution in [-0.2, 0) is 9.53 Å². The van der Waals surface area contributed by atoms with Crippen LogP contribution >= 0.6 is 0 Å². The highest BCUT2D eigenvalue weighted by Gasteiger charge is 2.42. The minimum atomic E-state index is -0.794. The molecule has 3 nitrogen and oxygen atoms in total. The van der Waals surface area contributed by atoms with Crippen molar-refractivity contribution >= 4 is 5.97 Å². The van der Waals surface area contributed by atoms with E-state index in [0.717, 1.165) is 19.3 Å². The summed E-state index contributed by atoms with van der Waals surface area (Å²) in [5.74, 6) is 0.602. The molecule has 100 valence electrons. The third-order valence-corrected chi connectivity index (χ3v) is 3.96. The smallest absolute Gasteiger partial charge is 0.314 e. The molecule has 1 saturated carbocycles. The Hall–Kier alpha value is -0.570. The third kappa shape index (κ3) is 3.44. The van der Waals surface area contributed by atoms with Crippen LogP contribution in [0.15, 0.2) is 0 Å². The van der Waals surface area contributed by atoms with Gasteiger partial charge in [0.05, 0.1) is 18.1 Å². The Morgan fingerprint density at radius 3 is 2.65 bits per heavy atom. The van der Waals surface area contributed by atoms with Gasteiger partial charge in [0.15, 0.2) is 0 Å². The first-order valence-electron chi connectivity index (χ1n) is 6.74. The fourth-order valence-electron chi connectivity index (χ4n) is 2.79. The molecule has 0 heterocycles. The van der Waals surface area contributed by atoms with Gasteiger partial charge in [-0.25, -0.2) is 0 Å². The van der Waals surface area contributed by atoms with Gasteiger partial charge in [0.25, 0.3) is 0 Å². The first kappa shape index (κ1) is 14.5. The average Bonchev–Trinajstić information content (AvgIpc) is 2.28. The normalized spacial score (nSPS) is 27.6. The van der Waals surface area contributed by atoms with Gasteiger partial charge in [-0.1, -0.05) is 19.8 Å². The van der Waals surface area contributed by atoms with Crippen LogP contribution in [0.3, 0.4) is 0 Å². The molecule has 1 aliphatic rings. The summed E-state index contributed by atoms with van der Waals surface area (Å²) in [5, 5.41) is 10.4. The van der Waals surface area contributed by atoms with Crippen LogP contribution in [0.4, 0.5) is 0 Å². The molecule has 0 amide bonds. The summed E-state index contributed by atoms with van der Waals surface area (Å²) in [6.07, 6.45) is 3.84. The van der Waals surface area contributed by atoms with E-state index in [2.05, 4.69) is 6.92 Å². The maximum absolute atomic E-state index is 11.8. The van der Waals surface area contributed by atoms with Crippen LogP contribution < -0.4 is 0 Å². The van der Waals surface area contributed by atoms with E-state index in [0.29, 0.717) is 12.5 Å². The van der Waals surface area contributed by atoms with E-state index < -0.39 is 11.5 Å². The fourth-order valence-corrected chi connectivity index (χ4v) is 2.79. The van der Waals surface area contributed by atoms with E-state index in [-0.39, 0.29) is 11.9 Å². The lowest BCUT2D eigenvalue weighted by atomic mass is 9.71. The molecular formula is C14H26O3. The first-order chi connectivity index (χ1) is 7.89. The van der Waals surface area contributed by atoms with Crippen molar-refractivity contribution in [1.82, 2.24) is 0 Å². The van der Waals surface area contributed by atoms with E-state index in [1.807, 2.05) is 0 Å². The quantitative estimate of drug-likeness (QED) is 0.771. The van der Waals surface area contributed by atoms with Crippen molar-refractivity contribution in [2.24, 2.45) is 17.3 Å². The molecule has 0 bridgehead atoms. The van der Waals surface area contributed by atoms with E-state index in [9.17, 15) is 9.90 Å². The van der Waals surface area contributed by atoms with Crippen molar-refractivity contribution in [3.63, 3.8) is 0 Å². The molecule has 1 fully saturated rings. The van der Waals surface area contributed by atoms with Crippen molar-refractivity contribution in [2.45, 2.75) is 59.5 Å². The van der Waals surface area contributed by atoms with Crippen LogP contribution in [-0.4, -0.2) is 23.8 Å². The lowest BCUT2D eigenvalue weighted by Gasteiger charge is -2.37. The Kier molecular flexibility index (Phi) is 4.99. The van der Waals surface area contributed by atoms with Crippen LogP contribution in [0.1, 0.15) is 53.4 Å². The lowest BCUT2D eigenvalue weighted by Crippen LogP contribution is -2.44. The predicted molar refractivity (Wildman–Crippen MR) is 67.5 cm³/mol. The van der Waals surface area contributed by atoms with Crippen LogP contribution in [0, 0.1) is 17.3 Å². The molecular weight excluding hydrogens is 216 g/mol. The van der Waals surface area contributed by atoms with Crippen molar-refractivity contribution in [3.8, 4) is 0 Å². The molecule has 1 aliphatic carbocycles. The Balaban J connectivity index is 2.66. The topological polar surface area (TPSA) is 46.5 Å². The molecule has 0 aromatic carbocycles. The summed E-state index contributed by atoms with van der Waals surface area (Å²) >= 11 is 0. The maximum Gasteiger partial charge on any atom is 0.314 e. The lowest BCUT2D eigenvalue weighted by molar-refractivity contribution is -0.163. The summed E-state index contributed by atoms with van der Waals surface area (Å²) in [5.41, 5.74) is -0.794. The fraction of sp³-hybridized carbons (Fsp3) is 0.929. The monoisotopic (exact) mass is 242 g/mol. The molecule has 1 rings (SSSR count). The Morgan fingerprint density at radius 1 is 1.47 bits per heavy atom. The van der Waals surface area contributed by atoms with Gasteiger partial charge in [-0.15, -0.1) is 0 Å². The highest BCUT2D eigenvalue weighted by Crippen LogP contribution is 2.37. The number of hydrogen-bond acceptors (Lipinski definition) is 3. The Morgan fingerprint density at radius 2 is 2.12 bits per heavy atom. The number of carbonyl (C=O) groups excluding carboxylic acids is 1. The van der Waals surface area contributed by atoms with Crippen molar-refractivity contribution in [2.75, 3.05) is 6.61 Å². The summed E-state index contributed by atoms with van der Waals surface area (Å²) in [7, 11) is 0. The first-order valence-corrected chi connectivity index (χ1v) is 6.74. The molecule has 0 saturated heterocycles. The second-order valence-electron chi connectivity index (χ2n) is 5.92. The molecule has 0 aromatic heterocycles. The van der Waals surface area contributed by atoms with Gasteiger partial charge in [-0.05, 0) is 45.4 Å². The molecule has 0 aliphatic heterocycles. The standard InChI is InChI=1S/C14H26O3/c1-5-17-13(16)14(3,4)12(15)11-8-6-7-10(2)9-11/h10-12,15H,5-9H2,1-4H3. The van der Waals surface area contributed by atoms with Gasteiger partial charge in [-0.3, -0.25) is 4.79 Å². The van der Waals surface area contributed by atoms with E-state index in [1.165, 1.54) is 6.42 Å². The highest BCUT2D eigenvalue weighted by molar-refractivity contribution is 5.76. The Bertz CT molecular complexity index is 260. The highest BCUT2D eigenvalue weighted by atomic mass is 16.5. The van der Waals surface area contributed by atoms with Gasteiger partial charge >= 0.3 is 5.97 Å². The van der Waals surface area contributed by atoms with Gasteiger partial charge in [0, 0.05) is 0 Å². The molecule has 17 heavy (non-hydrogen) atoms. The SMILES string of the molecule is CCOC(=O)C(C)(C)C(O)C1CCCC(C)C1. The summed E-state index contributed by atoms with van der Waals surface area (Å²) in [4.78, 5) is 11.8. The molecule has 3 heteroatoms. The molecule has 0 spiro atoms. The number of ether oxygens (including phenoxy) is 1. The van der Waals surface area contributed by atoms with Crippen molar-refractivity contribution < 1.29 is 14.6 Å². The van der Waals surface area contributed by atoms with Crippen LogP contribution in [0.5, 0.6) is 0 Å². The number of hydrogen-bond donors (Lipinski definition) is 1. The van der Waals surface area contributed by atoms with Crippen molar-refractivity contribution in [3.05, 3.63) is 0 Å². The zero-order valence-electron chi connectivity index (χ0n) is 11.5. The zero-order chi connectivity index (χ0) is 13.1. The number of esters is 1. The maximum atomic E-state index is 11.8. The third-order valence-electron chi connectivity index (χ3n) is 3.96. The van der Waals surface area contributed by atoms with Gasteiger partial charge in [0.1, 0.15) is 0 Å². The van der Waals surface area contributed by atoms with E-state index in [4.69, 9.17) is 4.74 Å². The molecule has 0 aromatic rings. The average molecular weight is 242 g/mol. The molecule has 3 atom stereocenters. The molecule has 0 radical (unpaired) electrons. The minimum absolute atomic E-state index is 0.234. The van der Waals surface area contributed by atoms with E-state index >= 15 is 0 Å². The Labute approximate surface area is 105 Å². The minimum Gasteiger partial charge on any atom is -0.466 e. The largest absolute Gasteiger partial charge is 0.466 e. The van der Waals surface area contributed by atoms with Gasteiger partial charge in [0.2, 0.25) is 0 Å². The van der Waals surface area contributed by atoms with E-state index in [1.54, 1.807) is 20.8 Å². The van der Waals surface area contributed by atoms with Crippen molar-refractivity contribution in [1.29, 1.82) is 0 Å². The second-order valence-corrected chi connectivity index (χ2v) is 5.92. The second kappa shape index (κ2) is 5.85. The molecule has 1 N–H and O–H groups in total. The van der Waals surface area contributed by atoms with Gasteiger partial charge in [-0.2, -0.15) is 0 Å². The van der Waals surface area contributed by atoms with Crippen LogP contribution in [0.25, 0.3) is 0 Å². The summed E-state index contributed by atoms with van der Waals surface area (Å²) < 4.78 is 5.05. The number of aliphatic hydroxyl groups excluding tert-OH is 1. The van der Waals surface area contributed by atoms with Crippen LogP contribution in [0.2, 0.25) is 0 Å². The summed E-state index contributed by atoms with van der Waals surface area (Å²) in [6, 6.07) is 0. The predicted octanol–water partition coefficient (Wildman–Crippen LogP) is 2.76. The zero-order valence-corrected chi connectivity index (χ0v) is 11.5.